The summed E-state index contributed by atoms with van der Waals surface area (Å²) in [6.07, 6.45) is 0. The van der Waals surface area contributed by atoms with Crippen molar-refractivity contribution in [2.24, 2.45) is 0 Å². The van der Waals surface area contributed by atoms with Crippen LogP contribution in [0.25, 0.3) is 0 Å². The fraction of sp³-hybridized carbons (Fsp3) is 0.235. The van der Waals surface area contributed by atoms with Gasteiger partial charge in [-0.1, -0.05) is 13.8 Å². The Morgan fingerprint density at radius 3 is 2.20 bits per heavy atom. The molecule has 0 bridgehead atoms. The Kier molecular flexibility index (Phi) is 5.86. The quantitative estimate of drug-likeness (QED) is 0.851. The molecule has 5 nitrogen and oxygen atoms in total. The van der Waals surface area contributed by atoms with Crippen molar-refractivity contribution in [3.8, 4) is 0 Å². The largest absolute Gasteiger partial charge is 0.319 e. The lowest BCUT2D eigenvalue weighted by Crippen LogP contribution is -2.30. The summed E-state index contributed by atoms with van der Waals surface area (Å²) in [5.41, 5.74) is -0.160. The number of halogens is 2. The minimum Gasteiger partial charge on any atom is -0.319 e. The van der Waals surface area contributed by atoms with E-state index in [1.165, 1.54) is 28.6 Å². The molecule has 134 valence electrons. The fourth-order valence-electron chi connectivity index (χ4n) is 2.28. The molecule has 0 aromatic heterocycles. The van der Waals surface area contributed by atoms with Crippen LogP contribution in [-0.2, 0) is 10.0 Å². The van der Waals surface area contributed by atoms with Crippen molar-refractivity contribution >= 4 is 21.6 Å². The molecule has 0 aliphatic rings. The van der Waals surface area contributed by atoms with E-state index in [1.54, 1.807) is 13.8 Å². The summed E-state index contributed by atoms with van der Waals surface area (Å²) in [6.45, 7) is 4.13. The summed E-state index contributed by atoms with van der Waals surface area (Å²) in [4.78, 5) is 12.2. The molecule has 1 N–H and O–H groups in total. The molecule has 0 aliphatic heterocycles. The van der Waals surface area contributed by atoms with Crippen molar-refractivity contribution in [3.63, 3.8) is 0 Å². The Bertz CT molecular complexity index is 864. The number of nitrogens with one attached hydrogen (secondary N) is 1. The smallest absolute Gasteiger partial charge is 0.255 e. The molecule has 0 spiro atoms. The summed E-state index contributed by atoms with van der Waals surface area (Å²) in [6, 6.07) is 7.98. The van der Waals surface area contributed by atoms with Crippen LogP contribution in [0.15, 0.2) is 47.4 Å². The van der Waals surface area contributed by atoms with Crippen LogP contribution in [0.5, 0.6) is 0 Å². The molecule has 0 unspecified atom stereocenters. The second kappa shape index (κ2) is 7.71. The Morgan fingerprint density at radius 2 is 1.64 bits per heavy atom. The van der Waals surface area contributed by atoms with E-state index < -0.39 is 27.6 Å². The molecule has 25 heavy (non-hydrogen) atoms. The molecule has 0 saturated carbocycles. The number of carbonyl (C=O) groups is 1. The number of amides is 1. The number of carbonyl (C=O) groups excluding carboxylic acids is 1. The highest BCUT2D eigenvalue weighted by atomic mass is 32.2. The van der Waals surface area contributed by atoms with Crippen LogP contribution < -0.4 is 5.32 Å². The van der Waals surface area contributed by atoms with Crippen molar-refractivity contribution < 1.29 is 22.0 Å². The normalized spacial score (nSPS) is 11.6. The summed E-state index contributed by atoms with van der Waals surface area (Å²) in [5.74, 6) is -2.12. The van der Waals surface area contributed by atoms with Crippen molar-refractivity contribution in [3.05, 3.63) is 59.7 Å². The number of sulfonamides is 1. The maximum atomic E-state index is 13.6. The third-order valence-electron chi connectivity index (χ3n) is 3.64. The zero-order valence-corrected chi connectivity index (χ0v) is 14.6. The highest BCUT2D eigenvalue weighted by Gasteiger charge is 2.21. The Balaban J connectivity index is 2.22. The number of benzene rings is 2. The molecule has 2 aromatic carbocycles. The Hall–Kier alpha value is -2.32. The summed E-state index contributed by atoms with van der Waals surface area (Å²) < 4.78 is 52.8. The first-order valence-corrected chi connectivity index (χ1v) is 9.10. The number of hydrogen-bond acceptors (Lipinski definition) is 3. The van der Waals surface area contributed by atoms with Gasteiger partial charge in [-0.05, 0) is 36.4 Å². The molecule has 0 atom stereocenters. The van der Waals surface area contributed by atoms with Gasteiger partial charge in [0.1, 0.15) is 11.6 Å². The molecule has 0 aliphatic carbocycles. The number of hydrogen-bond donors (Lipinski definition) is 1. The summed E-state index contributed by atoms with van der Waals surface area (Å²) in [7, 11) is -3.62. The first-order valence-electron chi connectivity index (χ1n) is 7.66. The van der Waals surface area contributed by atoms with Crippen LogP contribution in [-0.4, -0.2) is 31.7 Å². The van der Waals surface area contributed by atoms with Gasteiger partial charge in [-0.2, -0.15) is 4.31 Å². The maximum Gasteiger partial charge on any atom is 0.255 e. The van der Waals surface area contributed by atoms with Gasteiger partial charge in [0.15, 0.2) is 0 Å². The Labute approximate surface area is 145 Å². The monoisotopic (exact) mass is 368 g/mol. The predicted octanol–water partition coefficient (Wildman–Crippen LogP) is 3.25. The van der Waals surface area contributed by atoms with Gasteiger partial charge in [0.05, 0.1) is 10.6 Å². The van der Waals surface area contributed by atoms with Gasteiger partial charge in [0.25, 0.3) is 5.91 Å². The third kappa shape index (κ3) is 4.21. The lowest BCUT2D eigenvalue weighted by Gasteiger charge is -2.18. The van der Waals surface area contributed by atoms with Crippen molar-refractivity contribution in [2.75, 3.05) is 18.4 Å². The van der Waals surface area contributed by atoms with Gasteiger partial charge >= 0.3 is 0 Å². The second-order valence-corrected chi connectivity index (χ2v) is 7.13. The maximum absolute atomic E-state index is 13.6. The van der Waals surface area contributed by atoms with Crippen LogP contribution in [0.3, 0.4) is 0 Å². The van der Waals surface area contributed by atoms with Crippen molar-refractivity contribution in [1.29, 1.82) is 0 Å². The number of anilines is 1. The molecule has 0 saturated heterocycles. The van der Waals surface area contributed by atoms with E-state index in [0.717, 1.165) is 18.2 Å². The fourth-order valence-corrected chi connectivity index (χ4v) is 3.74. The summed E-state index contributed by atoms with van der Waals surface area (Å²) in [5, 5.41) is 2.26. The van der Waals surface area contributed by atoms with Crippen LogP contribution in [0, 0.1) is 11.6 Å². The molecule has 0 heterocycles. The lowest BCUT2D eigenvalue weighted by atomic mass is 10.2. The third-order valence-corrected chi connectivity index (χ3v) is 5.70. The van der Waals surface area contributed by atoms with Crippen molar-refractivity contribution in [2.45, 2.75) is 18.7 Å². The average molecular weight is 368 g/mol. The second-order valence-electron chi connectivity index (χ2n) is 5.19. The molecule has 0 radical (unpaired) electrons. The predicted molar refractivity (Wildman–Crippen MR) is 90.9 cm³/mol. The van der Waals surface area contributed by atoms with E-state index in [9.17, 15) is 22.0 Å². The van der Waals surface area contributed by atoms with Crippen LogP contribution in [0.4, 0.5) is 14.5 Å². The summed E-state index contributed by atoms with van der Waals surface area (Å²) >= 11 is 0. The van der Waals surface area contributed by atoms with Crippen LogP contribution in [0.1, 0.15) is 24.2 Å². The number of rotatable bonds is 6. The Morgan fingerprint density at radius 1 is 1.04 bits per heavy atom. The highest BCUT2D eigenvalue weighted by molar-refractivity contribution is 7.89. The van der Waals surface area contributed by atoms with Gasteiger partial charge in [-0.25, -0.2) is 17.2 Å². The van der Waals surface area contributed by atoms with Gasteiger partial charge in [0.2, 0.25) is 10.0 Å². The van der Waals surface area contributed by atoms with Gasteiger partial charge in [-0.3, -0.25) is 4.79 Å². The standard InChI is InChI=1S/C17H18F2N2O3S/c1-3-21(4-2)25(23,24)14-8-5-12(6-9-14)17(22)20-16-11-13(18)7-10-15(16)19/h5-11H,3-4H2,1-2H3,(H,20,22). The average Bonchev–Trinajstić information content (AvgIpc) is 2.59. The first kappa shape index (κ1) is 19.0. The van der Waals surface area contributed by atoms with Crippen molar-refractivity contribution in [1.82, 2.24) is 4.31 Å². The molecular formula is C17H18F2N2O3S. The minimum atomic E-state index is -3.62. The molecule has 2 aromatic rings. The molecule has 8 heteroatoms. The highest BCUT2D eigenvalue weighted by Crippen LogP contribution is 2.19. The zero-order chi connectivity index (χ0) is 18.6. The zero-order valence-electron chi connectivity index (χ0n) is 13.8. The van der Waals surface area contributed by atoms with E-state index in [1.807, 2.05) is 0 Å². The molecular weight excluding hydrogens is 350 g/mol. The molecule has 1 amide bonds. The van der Waals surface area contributed by atoms with Crippen LogP contribution in [0.2, 0.25) is 0 Å². The van der Waals surface area contributed by atoms with E-state index in [4.69, 9.17) is 0 Å². The lowest BCUT2D eigenvalue weighted by molar-refractivity contribution is 0.102. The SMILES string of the molecule is CCN(CC)S(=O)(=O)c1ccc(C(=O)Nc2cc(F)ccc2F)cc1. The minimum absolute atomic E-state index is 0.0599. The van der Waals surface area contributed by atoms with E-state index >= 15 is 0 Å². The molecule has 2 rings (SSSR count). The van der Waals surface area contributed by atoms with Gasteiger partial charge in [-0.15, -0.1) is 0 Å². The molecule has 0 fully saturated rings. The van der Waals surface area contributed by atoms with Gasteiger partial charge < -0.3 is 5.32 Å². The van der Waals surface area contributed by atoms with E-state index in [0.29, 0.717) is 13.1 Å². The van der Waals surface area contributed by atoms with E-state index in [2.05, 4.69) is 5.32 Å². The number of nitrogens with zero attached hydrogens (tertiary/aromatic N) is 1. The van der Waals surface area contributed by atoms with Crippen LogP contribution >= 0.6 is 0 Å². The van der Waals surface area contributed by atoms with Gasteiger partial charge in [0, 0.05) is 24.7 Å². The topological polar surface area (TPSA) is 66.5 Å². The van der Waals surface area contributed by atoms with E-state index in [-0.39, 0.29) is 16.1 Å². The first-order chi connectivity index (χ1) is 11.8.